The first-order valence-electron chi connectivity index (χ1n) is 6.63. The summed E-state index contributed by atoms with van der Waals surface area (Å²) in [6.45, 7) is 1.16. The normalized spacial score (nSPS) is 23.4. The Bertz CT molecular complexity index is 167. The molecular formula is C12H24O3P+. The van der Waals surface area contributed by atoms with E-state index < -0.39 is 8.25 Å². The lowest BCUT2D eigenvalue weighted by Crippen LogP contribution is -1.91. The highest BCUT2D eigenvalue weighted by molar-refractivity contribution is 7.33. The summed E-state index contributed by atoms with van der Waals surface area (Å²) < 4.78 is 21.4. The molecule has 1 saturated heterocycles. The van der Waals surface area contributed by atoms with Crippen LogP contribution in [0, 0.1) is 0 Å². The molecule has 0 spiro atoms. The SMILES string of the molecule is O=[P+]1OCCCCCCCCCCCCO1. The molecule has 94 valence electrons. The fourth-order valence-electron chi connectivity index (χ4n) is 1.93. The predicted molar refractivity (Wildman–Crippen MR) is 65.7 cm³/mol. The summed E-state index contributed by atoms with van der Waals surface area (Å²) >= 11 is 0. The van der Waals surface area contributed by atoms with Crippen LogP contribution in [0.3, 0.4) is 0 Å². The van der Waals surface area contributed by atoms with Crippen LogP contribution in [0.4, 0.5) is 0 Å². The summed E-state index contributed by atoms with van der Waals surface area (Å²) in [5, 5.41) is 0. The van der Waals surface area contributed by atoms with Crippen LogP contribution in [0.2, 0.25) is 0 Å². The van der Waals surface area contributed by atoms with Crippen molar-refractivity contribution in [3.05, 3.63) is 0 Å². The Kier molecular flexibility index (Phi) is 8.97. The van der Waals surface area contributed by atoms with Crippen molar-refractivity contribution >= 4 is 8.25 Å². The Morgan fingerprint density at radius 1 is 0.562 bits per heavy atom. The van der Waals surface area contributed by atoms with Crippen LogP contribution < -0.4 is 0 Å². The van der Waals surface area contributed by atoms with Gasteiger partial charge >= 0.3 is 8.25 Å². The second-order valence-corrected chi connectivity index (χ2v) is 5.39. The van der Waals surface area contributed by atoms with Gasteiger partial charge in [0.05, 0.1) is 0 Å². The maximum atomic E-state index is 11.2. The Balaban J connectivity index is 2.13. The predicted octanol–water partition coefficient (Wildman–Crippen LogP) is 4.59. The maximum Gasteiger partial charge on any atom is 0.697 e. The molecule has 1 aliphatic rings. The van der Waals surface area contributed by atoms with Gasteiger partial charge in [0.1, 0.15) is 13.2 Å². The van der Waals surface area contributed by atoms with Crippen molar-refractivity contribution in [2.24, 2.45) is 0 Å². The Labute approximate surface area is 99.9 Å². The zero-order chi connectivity index (χ0) is 11.5. The Hall–Kier alpha value is 0.0200. The van der Waals surface area contributed by atoms with Gasteiger partial charge in [-0.15, -0.1) is 9.05 Å². The van der Waals surface area contributed by atoms with E-state index in [1.165, 1.54) is 51.4 Å². The smallest absolute Gasteiger partial charge is 0.119 e. The van der Waals surface area contributed by atoms with E-state index in [1.807, 2.05) is 0 Å². The molecule has 0 aromatic heterocycles. The molecule has 0 radical (unpaired) electrons. The lowest BCUT2D eigenvalue weighted by atomic mass is 10.1. The topological polar surface area (TPSA) is 35.5 Å². The van der Waals surface area contributed by atoms with Crippen LogP contribution in [0.1, 0.15) is 64.2 Å². The number of hydrogen-bond donors (Lipinski definition) is 0. The zero-order valence-corrected chi connectivity index (χ0v) is 11.1. The van der Waals surface area contributed by atoms with Gasteiger partial charge in [-0.2, -0.15) is 0 Å². The third-order valence-electron chi connectivity index (χ3n) is 2.93. The van der Waals surface area contributed by atoms with E-state index in [-0.39, 0.29) is 0 Å². The Morgan fingerprint density at radius 2 is 0.875 bits per heavy atom. The van der Waals surface area contributed by atoms with Crippen molar-refractivity contribution in [2.75, 3.05) is 13.2 Å². The van der Waals surface area contributed by atoms with Gasteiger partial charge in [0.2, 0.25) is 0 Å². The third-order valence-corrected chi connectivity index (χ3v) is 3.72. The van der Waals surface area contributed by atoms with E-state index in [9.17, 15) is 4.57 Å². The molecule has 0 aliphatic carbocycles. The van der Waals surface area contributed by atoms with Crippen molar-refractivity contribution in [2.45, 2.75) is 64.2 Å². The average Bonchev–Trinajstić information content (AvgIpc) is 2.29. The zero-order valence-electron chi connectivity index (χ0n) is 10.2. The van der Waals surface area contributed by atoms with Gasteiger partial charge < -0.3 is 0 Å². The largest absolute Gasteiger partial charge is 0.697 e. The fourth-order valence-corrected chi connectivity index (χ4v) is 2.56. The minimum Gasteiger partial charge on any atom is -0.119 e. The van der Waals surface area contributed by atoms with Crippen molar-refractivity contribution in [1.82, 2.24) is 0 Å². The summed E-state index contributed by atoms with van der Waals surface area (Å²) in [5.41, 5.74) is 0. The van der Waals surface area contributed by atoms with Gasteiger partial charge in [-0.25, -0.2) is 0 Å². The van der Waals surface area contributed by atoms with Gasteiger partial charge in [0.15, 0.2) is 0 Å². The van der Waals surface area contributed by atoms with Crippen LogP contribution in [0.15, 0.2) is 0 Å². The van der Waals surface area contributed by atoms with Gasteiger partial charge in [0, 0.05) is 4.57 Å². The molecule has 0 aromatic carbocycles. The molecule has 16 heavy (non-hydrogen) atoms. The van der Waals surface area contributed by atoms with Gasteiger partial charge in [0.25, 0.3) is 0 Å². The molecule has 0 saturated carbocycles. The van der Waals surface area contributed by atoms with Gasteiger partial charge in [-0.3, -0.25) is 0 Å². The van der Waals surface area contributed by atoms with Crippen molar-refractivity contribution in [3.8, 4) is 0 Å². The summed E-state index contributed by atoms with van der Waals surface area (Å²) in [6.07, 6.45) is 12.3. The molecule has 0 aromatic rings. The molecule has 0 atom stereocenters. The molecular weight excluding hydrogens is 223 g/mol. The van der Waals surface area contributed by atoms with E-state index in [2.05, 4.69) is 0 Å². The van der Waals surface area contributed by atoms with Crippen LogP contribution in [-0.4, -0.2) is 13.2 Å². The lowest BCUT2D eigenvalue weighted by Gasteiger charge is -2.00. The quantitative estimate of drug-likeness (QED) is 0.587. The molecule has 1 aliphatic heterocycles. The fraction of sp³-hybridized carbons (Fsp3) is 1.00. The summed E-state index contributed by atoms with van der Waals surface area (Å²) in [7, 11) is -1.86. The maximum absolute atomic E-state index is 11.2. The molecule has 1 heterocycles. The first kappa shape index (κ1) is 14.1. The standard InChI is InChI=1S/C12H24O3P/c13-16-14-11-9-7-5-3-1-2-4-6-8-10-12-15-16/h1-12H2/q+1. The van der Waals surface area contributed by atoms with Crippen LogP contribution in [0.25, 0.3) is 0 Å². The monoisotopic (exact) mass is 247 g/mol. The molecule has 1 rings (SSSR count). The van der Waals surface area contributed by atoms with Crippen molar-refractivity contribution in [3.63, 3.8) is 0 Å². The average molecular weight is 247 g/mol. The molecule has 0 bridgehead atoms. The molecule has 1 fully saturated rings. The van der Waals surface area contributed by atoms with Crippen LogP contribution >= 0.6 is 8.25 Å². The van der Waals surface area contributed by atoms with Gasteiger partial charge in [-0.05, 0) is 12.8 Å². The van der Waals surface area contributed by atoms with Crippen LogP contribution in [-0.2, 0) is 13.6 Å². The number of rotatable bonds is 0. The molecule has 0 unspecified atom stereocenters. The van der Waals surface area contributed by atoms with Crippen LogP contribution in [0.5, 0.6) is 0 Å². The first-order valence-corrected chi connectivity index (χ1v) is 7.72. The molecule has 0 amide bonds. The van der Waals surface area contributed by atoms with Gasteiger partial charge in [-0.1, -0.05) is 51.4 Å². The highest BCUT2D eigenvalue weighted by Crippen LogP contribution is 2.25. The first-order chi connectivity index (χ1) is 7.89. The highest BCUT2D eigenvalue weighted by atomic mass is 31.1. The van der Waals surface area contributed by atoms with E-state index in [0.29, 0.717) is 13.2 Å². The third kappa shape index (κ3) is 8.20. The summed E-state index contributed by atoms with van der Waals surface area (Å²) in [6, 6.07) is 0. The lowest BCUT2D eigenvalue weighted by molar-refractivity contribution is 0.218. The van der Waals surface area contributed by atoms with E-state index >= 15 is 0 Å². The van der Waals surface area contributed by atoms with Crippen molar-refractivity contribution < 1.29 is 13.6 Å². The van der Waals surface area contributed by atoms with E-state index in [0.717, 1.165) is 12.8 Å². The Morgan fingerprint density at radius 3 is 1.25 bits per heavy atom. The molecule has 4 heteroatoms. The second kappa shape index (κ2) is 10.2. The van der Waals surface area contributed by atoms with E-state index in [1.54, 1.807) is 0 Å². The second-order valence-electron chi connectivity index (χ2n) is 4.43. The number of hydrogen-bond acceptors (Lipinski definition) is 3. The van der Waals surface area contributed by atoms with Crippen molar-refractivity contribution in [1.29, 1.82) is 0 Å². The minimum absolute atomic E-state index is 0.579. The molecule has 3 nitrogen and oxygen atoms in total. The minimum atomic E-state index is -1.86. The summed E-state index contributed by atoms with van der Waals surface area (Å²) in [5.74, 6) is 0. The van der Waals surface area contributed by atoms with E-state index in [4.69, 9.17) is 9.05 Å². The highest BCUT2D eigenvalue weighted by Gasteiger charge is 2.18. The molecule has 0 N–H and O–H groups in total. The summed E-state index contributed by atoms with van der Waals surface area (Å²) in [4.78, 5) is 0.